The number of fused-ring (bicyclic) bond motifs is 4. The Morgan fingerprint density at radius 2 is 2.00 bits per heavy atom. The molecule has 0 saturated carbocycles. The molecule has 3 heterocycles. The third-order valence-corrected chi connectivity index (χ3v) is 4.99. The molecule has 0 spiro atoms. The van der Waals surface area contributed by atoms with Crippen molar-refractivity contribution in [3.63, 3.8) is 0 Å². The smallest absolute Gasteiger partial charge is 0.432 e. The molecule has 4 amide bonds. The predicted molar refractivity (Wildman–Crippen MR) is 102 cm³/mol. The van der Waals surface area contributed by atoms with E-state index >= 15 is 0 Å². The number of aromatic nitrogens is 2. The minimum atomic E-state index is -1.44. The van der Waals surface area contributed by atoms with E-state index in [0.717, 1.165) is 10.2 Å². The number of benzene rings is 1. The molecule has 5 N–H and O–H groups in total. The van der Waals surface area contributed by atoms with Gasteiger partial charge < -0.3 is 21.5 Å². The maximum atomic E-state index is 13.0. The molecule has 2 aliphatic rings. The molecule has 12 nitrogen and oxygen atoms in total. The van der Waals surface area contributed by atoms with Crippen LogP contribution >= 0.6 is 0 Å². The number of carbonyl (C=O) groups is 3. The number of aliphatic imine (C=N–C) groups is 1. The van der Waals surface area contributed by atoms with Gasteiger partial charge in [-0.2, -0.15) is 19.8 Å². The fourth-order valence-electron chi connectivity index (χ4n) is 3.70. The lowest BCUT2D eigenvalue weighted by Crippen LogP contribution is -2.37. The molecule has 2 bridgehead atoms. The summed E-state index contributed by atoms with van der Waals surface area (Å²) in [7, 11) is 0. The van der Waals surface area contributed by atoms with Crippen LogP contribution in [0, 0.1) is 0 Å². The Kier molecular flexibility index (Phi) is 4.83. The summed E-state index contributed by atoms with van der Waals surface area (Å²) in [6.45, 7) is 0.430. The van der Waals surface area contributed by atoms with Crippen molar-refractivity contribution in [2.75, 3.05) is 6.54 Å². The first kappa shape index (κ1) is 19.4. The van der Waals surface area contributed by atoms with Crippen molar-refractivity contribution < 1.29 is 24.3 Å². The molecule has 0 radical (unpaired) electrons. The van der Waals surface area contributed by atoms with Crippen molar-refractivity contribution in [1.29, 1.82) is 0 Å². The average Bonchev–Trinajstić information content (AvgIpc) is 3.26. The zero-order chi connectivity index (χ0) is 21.4. The van der Waals surface area contributed by atoms with E-state index < -0.39 is 30.2 Å². The van der Waals surface area contributed by atoms with E-state index in [4.69, 9.17) is 21.4 Å². The van der Waals surface area contributed by atoms with Crippen LogP contribution in [0.1, 0.15) is 35.3 Å². The SMILES string of the molecule is NC(=O)n1cc2c(n1)C(CC(N)=NC(=O)O)N1CC2N(OCc2ccccc2)C1=O. The molecule has 1 fully saturated rings. The zero-order valence-electron chi connectivity index (χ0n) is 15.7. The Labute approximate surface area is 170 Å². The molecule has 2 unspecified atom stereocenters. The Bertz CT molecular complexity index is 1030. The van der Waals surface area contributed by atoms with Crippen LogP contribution in [0.25, 0.3) is 0 Å². The van der Waals surface area contributed by atoms with E-state index in [1.165, 1.54) is 16.2 Å². The van der Waals surface area contributed by atoms with E-state index in [0.29, 0.717) is 11.3 Å². The summed E-state index contributed by atoms with van der Waals surface area (Å²) in [5.74, 6) is -0.179. The normalized spacial score (nSPS) is 20.4. The highest BCUT2D eigenvalue weighted by Gasteiger charge is 2.50. The van der Waals surface area contributed by atoms with Gasteiger partial charge in [0, 0.05) is 18.2 Å². The molecule has 2 aliphatic heterocycles. The van der Waals surface area contributed by atoms with Crippen molar-refractivity contribution in [3.05, 3.63) is 53.3 Å². The zero-order valence-corrected chi connectivity index (χ0v) is 15.7. The Morgan fingerprint density at radius 1 is 1.27 bits per heavy atom. The van der Waals surface area contributed by atoms with Crippen molar-refractivity contribution in [2.45, 2.75) is 25.1 Å². The second-order valence-electron chi connectivity index (χ2n) is 6.89. The van der Waals surface area contributed by atoms with Crippen LogP contribution in [0.2, 0.25) is 0 Å². The first-order chi connectivity index (χ1) is 14.3. The Morgan fingerprint density at radius 3 is 2.67 bits per heavy atom. The molecule has 1 saturated heterocycles. The number of amidine groups is 1. The molecule has 30 heavy (non-hydrogen) atoms. The summed E-state index contributed by atoms with van der Waals surface area (Å²) in [5.41, 5.74) is 12.9. The number of hydrogen-bond acceptors (Lipinski definition) is 5. The fraction of sp³-hybridized carbons (Fsp3) is 0.278. The lowest BCUT2D eigenvalue weighted by molar-refractivity contribution is -0.141. The number of nitrogens with zero attached hydrogens (tertiary/aromatic N) is 5. The molecule has 0 aliphatic carbocycles. The van der Waals surface area contributed by atoms with Crippen LogP contribution in [0.4, 0.5) is 14.4 Å². The number of rotatable bonds is 5. The van der Waals surface area contributed by atoms with Gasteiger partial charge in [-0.15, -0.1) is 0 Å². The van der Waals surface area contributed by atoms with Gasteiger partial charge in [-0.25, -0.2) is 14.4 Å². The second-order valence-corrected chi connectivity index (χ2v) is 6.89. The molecule has 2 aromatic rings. The number of nitrogens with two attached hydrogens (primary N) is 2. The van der Waals surface area contributed by atoms with Gasteiger partial charge >= 0.3 is 18.2 Å². The van der Waals surface area contributed by atoms with Crippen LogP contribution in [0.3, 0.4) is 0 Å². The van der Waals surface area contributed by atoms with E-state index in [-0.39, 0.29) is 25.4 Å². The second kappa shape index (κ2) is 7.48. The summed E-state index contributed by atoms with van der Waals surface area (Å²) < 4.78 is 0.976. The van der Waals surface area contributed by atoms with E-state index in [9.17, 15) is 14.4 Å². The number of amides is 4. The van der Waals surface area contributed by atoms with Gasteiger partial charge in [0.2, 0.25) is 0 Å². The molecular formula is C18H19N7O5. The molecule has 1 aromatic heterocycles. The maximum Gasteiger partial charge on any atom is 0.432 e. The van der Waals surface area contributed by atoms with Gasteiger partial charge in [0.25, 0.3) is 0 Å². The van der Waals surface area contributed by atoms with Gasteiger partial charge in [0.1, 0.15) is 18.5 Å². The van der Waals surface area contributed by atoms with Gasteiger partial charge in [-0.05, 0) is 5.56 Å². The topological polar surface area (TPSA) is 169 Å². The summed E-state index contributed by atoms with van der Waals surface area (Å²) in [5, 5.41) is 14.3. The highest BCUT2D eigenvalue weighted by molar-refractivity contribution is 5.91. The van der Waals surface area contributed by atoms with E-state index in [1.807, 2.05) is 30.3 Å². The summed E-state index contributed by atoms with van der Waals surface area (Å²) >= 11 is 0. The number of urea groups is 1. The Hall–Kier alpha value is -3.93. The average molecular weight is 413 g/mol. The molecule has 4 rings (SSSR count). The van der Waals surface area contributed by atoms with Crippen LogP contribution in [0.15, 0.2) is 41.5 Å². The summed E-state index contributed by atoms with van der Waals surface area (Å²) in [6, 6.07) is 6.93. The molecule has 1 aromatic carbocycles. The highest BCUT2D eigenvalue weighted by atomic mass is 16.7. The lowest BCUT2D eigenvalue weighted by atomic mass is 9.96. The Balaban J connectivity index is 1.66. The lowest BCUT2D eigenvalue weighted by Gasteiger charge is -2.29. The molecule has 12 heteroatoms. The summed E-state index contributed by atoms with van der Waals surface area (Å²) in [4.78, 5) is 46.0. The van der Waals surface area contributed by atoms with Crippen LogP contribution in [-0.4, -0.2) is 55.4 Å². The van der Waals surface area contributed by atoms with Crippen molar-refractivity contribution in [1.82, 2.24) is 19.7 Å². The third kappa shape index (κ3) is 3.43. The quantitative estimate of drug-likeness (QED) is 0.488. The summed E-state index contributed by atoms with van der Waals surface area (Å²) in [6.07, 6.45) is -0.0565. The predicted octanol–water partition coefficient (Wildman–Crippen LogP) is 1.20. The van der Waals surface area contributed by atoms with Gasteiger partial charge in [-0.1, -0.05) is 30.3 Å². The number of hydroxylamine groups is 2. The van der Waals surface area contributed by atoms with Gasteiger partial charge in [0.15, 0.2) is 0 Å². The minimum Gasteiger partial charge on any atom is -0.463 e. The number of carboxylic acid groups (broad SMARTS) is 1. The van der Waals surface area contributed by atoms with Crippen molar-refractivity contribution >= 4 is 24.0 Å². The van der Waals surface area contributed by atoms with E-state index in [2.05, 4.69) is 10.1 Å². The molecular weight excluding hydrogens is 394 g/mol. The highest BCUT2D eigenvalue weighted by Crippen LogP contribution is 2.44. The third-order valence-electron chi connectivity index (χ3n) is 4.99. The van der Waals surface area contributed by atoms with Crippen LogP contribution in [0.5, 0.6) is 0 Å². The van der Waals surface area contributed by atoms with Crippen molar-refractivity contribution in [3.8, 4) is 0 Å². The number of carbonyl (C=O) groups excluding carboxylic acids is 2. The maximum absolute atomic E-state index is 13.0. The largest absolute Gasteiger partial charge is 0.463 e. The van der Waals surface area contributed by atoms with E-state index in [1.54, 1.807) is 0 Å². The molecule has 2 atom stereocenters. The first-order valence-corrected chi connectivity index (χ1v) is 9.07. The van der Waals surface area contributed by atoms with Gasteiger partial charge in [-0.3, -0.25) is 4.84 Å². The fourth-order valence-corrected chi connectivity index (χ4v) is 3.70. The monoisotopic (exact) mass is 413 g/mol. The number of hydrogen-bond donors (Lipinski definition) is 3. The van der Waals surface area contributed by atoms with Crippen molar-refractivity contribution in [2.24, 2.45) is 16.5 Å². The first-order valence-electron chi connectivity index (χ1n) is 9.07. The molecule has 156 valence electrons. The van der Waals surface area contributed by atoms with Gasteiger partial charge in [0.05, 0.1) is 18.3 Å². The van der Waals surface area contributed by atoms with Crippen LogP contribution in [-0.2, 0) is 11.4 Å². The number of primary amides is 1. The minimum absolute atomic E-state index is 0.0694. The van der Waals surface area contributed by atoms with Crippen LogP contribution < -0.4 is 11.5 Å². The standard InChI is InChI=1S/C18H19N7O5/c19-14(21-17(27)28)6-12-15-11(7-24(22-15)16(20)26)13-8-23(12)18(29)25(13)30-9-10-4-2-1-3-5-10/h1-5,7,12-13H,6,8-9H2,(H2,19,21)(H2,20,26)(H,27,28).